The molecule has 4 aromatic carbocycles. The molecule has 2 amide bonds. The Hall–Kier alpha value is -4.95. The number of imide groups is 1. The van der Waals surface area contributed by atoms with E-state index >= 15 is 0 Å². The molecule has 4 aromatic rings. The van der Waals surface area contributed by atoms with Crippen molar-refractivity contribution in [2.45, 2.75) is 24.5 Å². The number of hydrogen-bond donors (Lipinski definition) is 1. The number of nitrogens with zero attached hydrogens (tertiary/aromatic N) is 2. The average molecular weight is 563 g/mol. The number of fused-ring (bicyclic) bond motifs is 1. The van der Waals surface area contributed by atoms with E-state index in [9.17, 15) is 9.59 Å². The van der Waals surface area contributed by atoms with Crippen molar-refractivity contribution < 1.29 is 28.9 Å². The molecule has 0 saturated heterocycles. The molecule has 0 saturated carbocycles. The summed E-state index contributed by atoms with van der Waals surface area (Å²) in [4.78, 5) is 34.9. The van der Waals surface area contributed by atoms with Crippen LogP contribution in [0.2, 0.25) is 0 Å². The summed E-state index contributed by atoms with van der Waals surface area (Å²) >= 11 is 0. The van der Waals surface area contributed by atoms with Crippen LogP contribution in [0.5, 0.6) is 11.5 Å². The molecule has 0 fully saturated rings. The van der Waals surface area contributed by atoms with Gasteiger partial charge in [-0.15, -0.1) is 0 Å². The molecule has 42 heavy (non-hydrogen) atoms. The lowest BCUT2D eigenvalue weighted by atomic mass is 9.78. The van der Waals surface area contributed by atoms with E-state index in [1.54, 1.807) is 49.6 Å². The molecule has 1 N–H and O–H groups in total. The van der Waals surface area contributed by atoms with Gasteiger partial charge in [0, 0.05) is 30.6 Å². The Morgan fingerprint density at radius 2 is 1.74 bits per heavy atom. The SMILES string of the molecule is COc1cccc([C@H]2OC(c3ccc(OCCCO)cc3)=N[C@]23Cc2ccccc2N(C(=O)c2ccccc2)C3=O)c1. The van der Waals surface area contributed by atoms with Gasteiger partial charge in [0.1, 0.15) is 11.5 Å². The van der Waals surface area contributed by atoms with Crippen LogP contribution in [-0.2, 0) is 16.0 Å². The number of rotatable bonds is 8. The fourth-order valence-electron chi connectivity index (χ4n) is 5.46. The minimum Gasteiger partial charge on any atom is -0.497 e. The second kappa shape index (κ2) is 11.5. The van der Waals surface area contributed by atoms with Gasteiger partial charge in [0.2, 0.25) is 5.90 Å². The minimum absolute atomic E-state index is 0.0530. The fourth-order valence-corrected chi connectivity index (χ4v) is 5.46. The summed E-state index contributed by atoms with van der Waals surface area (Å²) in [7, 11) is 1.58. The smallest absolute Gasteiger partial charge is 0.266 e. The van der Waals surface area contributed by atoms with E-state index in [1.807, 2.05) is 60.7 Å². The van der Waals surface area contributed by atoms with Crippen LogP contribution in [-0.4, -0.2) is 48.7 Å². The molecular formula is C34H30N2O6. The summed E-state index contributed by atoms with van der Waals surface area (Å²) in [6, 6.07) is 30.8. The monoisotopic (exact) mass is 562 g/mol. The van der Waals surface area contributed by atoms with Crippen molar-refractivity contribution in [2.24, 2.45) is 4.99 Å². The third kappa shape index (κ3) is 4.90. The highest BCUT2D eigenvalue weighted by Crippen LogP contribution is 2.48. The summed E-state index contributed by atoms with van der Waals surface area (Å²) in [5, 5.41) is 9.03. The van der Waals surface area contributed by atoms with E-state index in [1.165, 1.54) is 4.90 Å². The molecule has 212 valence electrons. The Balaban J connectivity index is 1.47. The molecule has 1 spiro atoms. The summed E-state index contributed by atoms with van der Waals surface area (Å²) in [5.74, 6) is 0.674. The molecule has 6 rings (SSSR count). The summed E-state index contributed by atoms with van der Waals surface area (Å²) in [6.07, 6.45) is -0.0479. The summed E-state index contributed by atoms with van der Waals surface area (Å²) < 4.78 is 17.7. The topological polar surface area (TPSA) is 97.7 Å². The van der Waals surface area contributed by atoms with Crippen LogP contribution < -0.4 is 14.4 Å². The van der Waals surface area contributed by atoms with Gasteiger partial charge in [-0.3, -0.25) is 9.59 Å². The van der Waals surface area contributed by atoms with E-state index in [4.69, 9.17) is 24.3 Å². The first-order valence-electron chi connectivity index (χ1n) is 13.8. The Labute approximate surface area is 243 Å². The number of aliphatic hydroxyl groups excluding tert-OH is 1. The highest BCUT2D eigenvalue weighted by molar-refractivity contribution is 6.25. The van der Waals surface area contributed by atoms with E-state index in [0.717, 1.165) is 5.56 Å². The summed E-state index contributed by atoms with van der Waals surface area (Å²) in [5.41, 5.74) is 1.68. The molecule has 8 nitrogen and oxygen atoms in total. The number of hydrogen-bond acceptors (Lipinski definition) is 7. The number of aliphatic imine (C=N–C) groups is 1. The van der Waals surface area contributed by atoms with E-state index in [0.29, 0.717) is 52.8 Å². The van der Waals surface area contributed by atoms with Crippen LogP contribution in [0.3, 0.4) is 0 Å². The fraction of sp³-hybridized carbons (Fsp3) is 0.206. The van der Waals surface area contributed by atoms with Gasteiger partial charge in [-0.2, -0.15) is 0 Å². The predicted molar refractivity (Wildman–Crippen MR) is 158 cm³/mol. The molecular weight excluding hydrogens is 532 g/mol. The van der Waals surface area contributed by atoms with Crippen molar-refractivity contribution in [1.82, 2.24) is 0 Å². The van der Waals surface area contributed by atoms with Crippen LogP contribution in [0, 0.1) is 0 Å². The first-order chi connectivity index (χ1) is 20.5. The maximum Gasteiger partial charge on any atom is 0.266 e. The third-order valence-corrected chi connectivity index (χ3v) is 7.52. The van der Waals surface area contributed by atoms with Gasteiger partial charge in [0.05, 0.1) is 19.4 Å². The van der Waals surface area contributed by atoms with Gasteiger partial charge >= 0.3 is 0 Å². The van der Waals surface area contributed by atoms with Gasteiger partial charge in [0.25, 0.3) is 11.8 Å². The Morgan fingerprint density at radius 1 is 0.976 bits per heavy atom. The maximum absolute atomic E-state index is 14.7. The third-order valence-electron chi connectivity index (χ3n) is 7.52. The number of ether oxygens (including phenoxy) is 3. The van der Waals surface area contributed by atoms with Crippen molar-refractivity contribution in [3.8, 4) is 11.5 Å². The first-order valence-corrected chi connectivity index (χ1v) is 13.8. The molecule has 0 unspecified atom stereocenters. The molecule has 0 aliphatic carbocycles. The number of carbonyl (C=O) groups is 2. The minimum atomic E-state index is -1.45. The Bertz CT molecular complexity index is 1640. The Kier molecular flexibility index (Phi) is 7.46. The zero-order chi connectivity index (χ0) is 29.1. The molecule has 0 bridgehead atoms. The molecule has 8 heteroatoms. The molecule has 0 aromatic heterocycles. The number of anilines is 1. The zero-order valence-electron chi connectivity index (χ0n) is 23.1. The number of carbonyl (C=O) groups excluding carboxylic acids is 2. The van der Waals surface area contributed by atoms with Crippen molar-refractivity contribution in [3.05, 3.63) is 125 Å². The van der Waals surface area contributed by atoms with Crippen molar-refractivity contribution in [1.29, 1.82) is 0 Å². The average Bonchev–Trinajstić information content (AvgIpc) is 3.42. The molecule has 2 aliphatic rings. The van der Waals surface area contributed by atoms with E-state index < -0.39 is 23.5 Å². The highest BCUT2D eigenvalue weighted by atomic mass is 16.5. The van der Waals surface area contributed by atoms with Crippen LogP contribution in [0.1, 0.15) is 39.6 Å². The number of benzene rings is 4. The first kappa shape index (κ1) is 27.2. The van der Waals surface area contributed by atoms with Gasteiger partial charge in [-0.05, 0) is 65.7 Å². The lowest BCUT2D eigenvalue weighted by Gasteiger charge is -2.39. The lowest BCUT2D eigenvalue weighted by molar-refractivity contribution is -0.126. The lowest BCUT2D eigenvalue weighted by Crippen LogP contribution is -2.57. The van der Waals surface area contributed by atoms with Gasteiger partial charge in [-0.1, -0.05) is 48.5 Å². The van der Waals surface area contributed by atoms with Gasteiger partial charge < -0.3 is 19.3 Å². The number of aliphatic hydroxyl groups is 1. The van der Waals surface area contributed by atoms with Gasteiger partial charge in [0.15, 0.2) is 11.6 Å². The largest absolute Gasteiger partial charge is 0.497 e. The van der Waals surface area contributed by atoms with Crippen molar-refractivity contribution in [3.63, 3.8) is 0 Å². The number of amides is 2. The number of para-hydroxylation sites is 1. The predicted octanol–water partition coefficient (Wildman–Crippen LogP) is 5.14. The van der Waals surface area contributed by atoms with Crippen molar-refractivity contribution in [2.75, 3.05) is 25.2 Å². The quantitative estimate of drug-likeness (QED) is 0.236. The highest BCUT2D eigenvalue weighted by Gasteiger charge is 2.58. The zero-order valence-corrected chi connectivity index (χ0v) is 23.1. The molecule has 2 heterocycles. The summed E-state index contributed by atoms with van der Waals surface area (Å²) in [6.45, 7) is 0.449. The van der Waals surface area contributed by atoms with Crippen LogP contribution >= 0.6 is 0 Å². The van der Waals surface area contributed by atoms with E-state index in [2.05, 4.69) is 0 Å². The molecule has 2 atom stereocenters. The second-order valence-corrected chi connectivity index (χ2v) is 10.2. The van der Waals surface area contributed by atoms with Crippen LogP contribution in [0.25, 0.3) is 0 Å². The van der Waals surface area contributed by atoms with E-state index in [-0.39, 0.29) is 13.0 Å². The standard InChI is InChI=1S/C34H30N2O6/c1-40-28-13-7-12-25(21-28)30-34(35-31(42-30)23-15-17-27(18-16-23)41-20-8-19-37)22-26-11-5-6-14-29(26)36(33(34)39)32(38)24-9-3-2-4-10-24/h2-7,9-18,21,30,37H,8,19-20,22H2,1H3/t30-,34-/m1/s1. The normalized spacial score (nSPS) is 19.2. The second-order valence-electron chi connectivity index (χ2n) is 10.2. The van der Waals surface area contributed by atoms with Crippen LogP contribution in [0.15, 0.2) is 108 Å². The number of methoxy groups -OCH3 is 1. The van der Waals surface area contributed by atoms with Gasteiger partial charge in [-0.25, -0.2) is 9.89 Å². The molecule has 0 radical (unpaired) electrons. The molecule has 2 aliphatic heterocycles. The van der Waals surface area contributed by atoms with Crippen LogP contribution in [0.4, 0.5) is 5.69 Å². The van der Waals surface area contributed by atoms with Crippen molar-refractivity contribution >= 4 is 23.4 Å². The maximum atomic E-state index is 14.7. The Morgan fingerprint density at radius 3 is 2.50 bits per heavy atom.